The summed E-state index contributed by atoms with van der Waals surface area (Å²) in [5, 5.41) is 33.3. The summed E-state index contributed by atoms with van der Waals surface area (Å²) >= 11 is 0. The van der Waals surface area contributed by atoms with Crippen molar-refractivity contribution < 1.29 is 20.1 Å². The second kappa shape index (κ2) is 45.5. The molecule has 0 aliphatic heterocycles. The van der Waals surface area contributed by atoms with Crippen molar-refractivity contribution in [3.05, 3.63) is 24.3 Å². The maximum absolute atomic E-state index is 12.4. The zero-order valence-corrected chi connectivity index (χ0v) is 37.1. The molecule has 0 aromatic carbocycles. The van der Waals surface area contributed by atoms with Crippen molar-refractivity contribution in [3.63, 3.8) is 0 Å². The molecule has 0 bridgehead atoms. The number of amides is 1. The van der Waals surface area contributed by atoms with Gasteiger partial charge in [0, 0.05) is 0 Å². The molecule has 0 aliphatic carbocycles. The number of nitrogens with one attached hydrogen (secondary N) is 1. The second-order valence-electron chi connectivity index (χ2n) is 17.1. The summed E-state index contributed by atoms with van der Waals surface area (Å²) in [5.41, 5.74) is 0. The molecule has 3 atom stereocenters. The maximum atomic E-state index is 12.4. The van der Waals surface area contributed by atoms with Crippen molar-refractivity contribution in [2.75, 3.05) is 6.61 Å². The lowest BCUT2D eigenvalue weighted by Gasteiger charge is -2.21. The minimum atomic E-state index is -0.926. The molecule has 5 nitrogen and oxygen atoms in total. The Bertz CT molecular complexity index is 814. The number of aliphatic hydroxyl groups excluding tert-OH is 3. The molecular formula is C50H97NO4. The first-order chi connectivity index (χ1) is 27.0. The third-order valence-corrected chi connectivity index (χ3v) is 11.5. The second-order valence-corrected chi connectivity index (χ2v) is 17.1. The summed E-state index contributed by atoms with van der Waals surface area (Å²) in [5.74, 6) is -0.314. The lowest BCUT2D eigenvalue weighted by atomic mass is 10.0. The van der Waals surface area contributed by atoms with Crippen molar-refractivity contribution >= 4 is 5.91 Å². The normalized spacial score (nSPS) is 13.6. The van der Waals surface area contributed by atoms with Gasteiger partial charge >= 0.3 is 0 Å². The number of rotatable bonds is 45. The predicted molar refractivity (Wildman–Crippen MR) is 241 cm³/mol. The van der Waals surface area contributed by atoms with Crippen molar-refractivity contribution in [2.45, 2.75) is 283 Å². The predicted octanol–water partition coefficient (Wildman–Crippen LogP) is 14.6. The molecule has 326 valence electrons. The molecule has 0 rings (SSSR count). The van der Waals surface area contributed by atoms with Crippen molar-refractivity contribution in [2.24, 2.45) is 0 Å². The van der Waals surface area contributed by atoms with Crippen LogP contribution in [0.5, 0.6) is 0 Å². The van der Waals surface area contributed by atoms with Crippen LogP contribution in [0.3, 0.4) is 0 Å². The maximum Gasteiger partial charge on any atom is 0.222 e. The Morgan fingerprint density at radius 3 is 1.11 bits per heavy atom. The van der Waals surface area contributed by atoms with Gasteiger partial charge in [0.2, 0.25) is 5.91 Å². The fourth-order valence-corrected chi connectivity index (χ4v) is 7.69. The first-order valence-electron chi connectivity index (χ1n) is 24.6. The molecule has 0 aromatic heterocycles. The molecule has 5 heteroatoms. The highest BCUT2D eigenvalue weighted by atomic mass is 16.3. The van der Waals surface area contributed by atoms with Gasteiger partial charge in [-0.05, 0) is 44.9 Å². The van der Waals surface area contributed by atoms with Gasteiger partial charge in [0.25, 0.3) is 0 Å². The Kier molecular flexibility index (Phi) is 44.6. The van der Waals surface area contributed by atoms with E-state index < -0.39 is 18.2 Å². The van der Waals surface area contributed by atoms with Crippen molar-refractivity contribution in [1.29, 1.82) is 0 Å². The van der Waals surface area contributed by atoms with E-state index in [2.05, 4.69) is 31.3 Å². The van der Waals surface area contributed by atoms with E-state index in [0.717, 1.165) is 25.7 Å². The van der Waals surface area contributed by atoms with E-state index in [1.807, 2.05) is 6.08 Å². The van der Waals surface area contributed by atoms with Gasteiger partial charge in [-0.25, -0.2) is 0 Å². The van der Waals surface area contributed by atoms with Crippen LogP contribution in [0.1, 0.15) is 264 Å². The van der Waals surface area contributed by atoms with E-state index in [4.69, 9.17) is 0 Å². The number of hydrogen-bond donors (Lipinski definition) is 4. The molecule has 3 unspecified atom stereocenters. The molecule has 0 heterocycles. The average molecular weight is 776 g/mol. The number of carbonyl (C=O) groups excluding carboxylic acids is 1. The SMILES string of the molecule is CCCCCCCCCCCCC/C=C/C(O)C(CO)NC(=O)CC(O)CCCCCCCCCCCCC/C=C\CCCCCCCCCCCCCC. The van der Waals surface area contributed by atoms with Gasteiger partial charge < -0.3 is 20.6 Å². The van der Waals surface area contributed by atoms with E-state index in [-0.39, 0.29) is 18.9 Å². The number of unbranched alkanes of at least 4 members (excludes halogenated alkanes) is 34. The molecule has 0 spiro atoms. The summed E-state index contributed by atoms with van der Waals surface area (Å²) in [4.78, 5) is 12.4. The number of allylic oxidation sites excluding steroid dienone is 3. The van der Waals surface area contributed by atoms with Crippen LogP contribution in [-0.2, 0) is 4.79 Å². The number of carbonyl (C=O) groups is 1. The fourth-order valence-electron chi connectivity index (χ4n) is 7.69. The van der Waals surface area contributed by atoms with Gasteiger partial charge in [0.15, 0.2) is 0 Å². The molecule has 55 heavy (non-hydrogen) atoms. The van der Waals surface area contributed by atoms with Gasteiger partial charge in [0.1, 0.15) is 0 Å². The summed E-state index contributed by atoms with van der Waals surface area (Å²) in [6.45, 7) is 4.22. The van der Waals surface area contributed by atoms with Crippen LogP contribution in [0.2, 0.25) is 0 Å². The first kappa shape index (κ1) is 53.8. The summed E-state index contributed by atoms with van der Waals surface area (Å²) < 4.78 is 0. The standard InChI is InChI=1S/C50H97NO4/c1-3-5-7-9-11-13-15-17-18-19-20-21-22-23-24-25-26-27-28-29-30-32-33-35-37-39-41-43-47(53)45-50(55)51-48(46-52)49(54)44-42-40-38-36-34-31-16-14-12-10-8-6-4-2/h23-24,42,44,47-49,52-54H,3-22,25-41,43,45-46H2,1-2H3,(H,51,55)/b24-23-,44-42+. The molecule has 1 amide bonds. The summed E-state index contributed by atoms with van der Waals surface area (Å²) in [7, 11) is 0. The quantitative estimate of drug-likeness (QED) is 0.0366. The Balaban J connectivity index is 3.55. The third-order valence-electron chi connectivity index (χ3n) is 11.5. The van der Waals surface area contributed by atoms with Crippen LogP contribution in [0, 0.1) is 0 Å². The Morgan fingerprint density at radius 2 is 0.764 bits per heavy atom. The van der Waals surface area contributed by atoms with Crippen LogP contribution < -0.4 is 5.32 Å². The topological polar surface area (TPSA) is 89.8 Å². The van der Waals surface area contributed by atoms with Gasteiger partial charge in [-0.2, -0.15) is 0 Å². The molecule has 0 saturated heterocycles. The van der Waals surface area contributed by atoms with Crippen LogP contribution in [0.25, 0.3) is 0 Å². The monoisotopic (exact) mass is 776 g/mol. The Hall–Kier alpha value is -1.17. The lowest BCUT2D eigenvalue weighted by molar-refractivity contribution is -0.124. The number of aliphatic hydroxyl groups is 3. The Labute approximate surface area is 343 Å². The minimum absolute atomic E-state index is 0.0153. The smallest absolute Gasteiger partial charge is 0.222 e. The number of hydrogen-bond acceptors (Lipinski definition) is 4. The highest BCUT2D eigenvalue weighted by Crippen LogP contribution is 2.16. The van der Waals surface area contributed by atoms with E-state index in [1.165, 1.54) is 212 Å². The minimum Gasteiger partial charge on any atom is -0.394 e. The first-order valence-corrected chi connectivity index (χ1v) is 24.6. The zero-order chi connectivity index (χ0) is 40.1. The highest BCUT2D eigenvalue weighted by Gasteiger charge is 2.20. The molecule has 0 fully saturated rings. The molecule has 0 radical (unpaired) electrons. The average Bonchev–Trinajstić information content (AvgIpc) is 3.18. The molecule has 0 saturated carbocycles. The molecule has 4 N–H and O–H groups in total. The van der Waals surface area contributed by atoms with E-state index >= 15 is 0 Å². The Morgan fingerprint density at radius 1 is 0.455 bits per heavy atom. The van der Waals surface area contributed by atoms with Crippen LogP contribution >= 0.6 is 0 Å². The summed E-state index contributed by atoms with van der Waals surface area (Å²) in [6.07, 6.45) is 56.3. The molecular weight excluding hydrogens is 679 g/mol. The van der Waals surface area contributed by atoms with Crippen molar-refractivity contribution in [3.8, 4) is 0 Å². The van der Waals surface area contributed by atoms with Crippen LogP contribution in [0.4, 0.5) is 0 Å². The third kappa shape index (κ3) is 42.3. The van der Waals surface area contributed by atoms with Gasteiger partial charge in [0.05, 0.1) is 31.3 Å². The fraction of sp³-hybridized carbons (Fsp3) is 0.900. The van der Waals surface area contributed by atoms with E-state index in [0.29, 0.717) is 6.42 Å². The van der Waals surface area contributed by atoms with Gasteiger partial charge in [-0.1, -0.05) is 237 Å². The molecule has 0 aromatic rings. The molecule has 0 aliphatic rings. The lowest BCUT2D eigenvalue weighted by Crippen LogP contribution is -2.45. The van der Waals surface area contributed by atoms with Crippen molar-refractivity contribution in [1.82, 2.24) is 5.32 Å². The van der Waals surface area contributed by atoms with Crippen LogP contribution in [0.15, 0.2) is 24.3 Å². The largest absolute Gasteiger partial charge is 0.394 e. The van der Waals surface area contributed by atoms with E-state index in [9.17, 15) is 20.1 Å². The highest BCUT2D eigenvalue weighted by molar-refractivity contribution is 5.76. The van der Waals surface area contributed by atoms with Gasteiger partial charge in [-0.15, -0.1) is 0 Å². The zero-order valence-electron chi connectivity index (χ0n) is 37.1. The van der Waals surface area contributed by atoms with E-state index in [1.54, 1.807) is 6.08 Å². The van der Waals surface area contributed by atoms with Gasteiger partial charge in [-0.3, -0.25) is 4.79 Å². The van der Waals surface area contributed by atoms with Crippen LogP contribution in [-0.4, -0.2) is 46.1 Å². The summed E-state index contributed by atoms with van der Waals surface area (Å²) in [6, 6.07) is -0.742.